The zero-order chi connectivity index (χ0) is 20.1. The Balaban J connectivity index is 0.00000392. The number of nitrogens with zero attached hydrogens (tertiary/aromatic N) is 2. The Labute approximate surface area is 185 Å². The van der Waals surface area contributed by atoms with E-state index in [-0.39, 0.29) is 40.2 Å². The van der Waals surface area contributed by atoms with Crippen molar-refractivity contribution in [2.75, 3.05) is 39.6 Å². The van der Waals surface area contributed by atoms with E-state index in [1.807, 2.05) is 11.8 Å². The number of rotatable bonds is 5. The second-order valence-corrected chi connectivity index (χ2v) is 8.62. The number of halogens is 4. The molecule has 0 bridgehead atoms. The van der Waals surface area contributed by atoms with Crippen LogP contribution in [0.1, 0.15) is 19.4 Å². The summed E-state index contributed by atoms with van der Waals surface area (Å²) in [6.07, 6.45) is -4.39. The lowest BCUT2D eigenvalue weighted by atomic mass is 10.2. The number of benzene rings is 1. The van der Waals surface area contributed by atoms with Gasteiger partial charge in [0.05, 0.1) is 7.11 Å². The number of guanidine groups is 1. The first-order chi connectivity index (χ1) is 12.6. The van der Waals surface area contributed by atoms with Crippen molar-refractivity contribution in [2.24, 2.45) is 4.99 Å². The molecule has 0 atom stereocenters. The molecule has 160 valence electrons. The van der Waals surface area contributed by atoms with Crippen LogP contribution < -0.4 is 14.8 Å². The Morgan fingerprint density at radius 3 is 2.61 bits per heavy atom. The summed E-state index contributed by atoms with van der Waals surface area (Å²) in [6, 6.07) is 4.87. The van der Waals surface area contributed by atoms with Crippen LogP contribution >= 0.6 is 35.7 Å². The predicted octanol–water partition coefficient (Wildman–Crippen LogP) is 4.16. The molecule has 0 spiro atoms. The molecule has 1 aromatic carbocycles. The van der Waals surface area contributed by atoms with E-state index < -0.39 is 12.8 Å². The van der Waals surface area contributed by atoms with Crippen molar-refractivity contribution in [2.45, 2.75) is 31.3 Å². The summed E-state index contributed by atoms with van der Waals surface area (Å²) in [7, 11) is 3.14. The molecule has 1 saturated heterocycles. The number of hydrogen-bond donors (Lipinski definition) is 1. The van der Waals surface area contributed by atoms with Crippen molar-refractivity contribution in [1.82, 2.24) is 10.2 Å². The Morgan fingerprint density at radius 2 is 2.04 bits per heavy atom. The fraction of sp³-hybridized carbons (Fsp3) is 0.611. The van der Waals surface area contributed by atoms with Crippen molar-refractivity contribution in [1.29, 1.82) is 0 Å². The molecule has 1 aromatic rings. The van der Waals surface area contributed by atoms with Gasteiger partial charge in [0.2, 0.25) is 0 Å². The van der Waals surface area contributed by atoms with Crippen LogP contribution in [0, 0.1) is 0 Å². The molecule has 0 amide bonds. The van der Waals surface area contributed by atoms with Crippen LogP contribution in [-0.4, -0.2) is 61.4 Å². The van der Waals surface area contributed by atoms with Crippen molar-refractivity contribution >= 4 is 41.7 Å². The molecule has 0 unspecified atom stereocenters. The lowest BCUT2D eigenvalue weighted by Gasteiger charge is -2.39. The monoisotopic (exact) mass is 533 g/mol. The highest BCUT2D eigenvalue weighted by Crippen LogP contribution is 2.31. The number of ether oxygens (including phenoxy) is 2. The Kier molecular flexibility index (Phi) is 9.51. The van der Waals surface area contributed by atoms with Crippen molar-refractivity contribution in [3.63, 3.8) is 0 Å². The summed E-state index contributed by atoms with van der Waals surface area (Å²) in [4.78, 5) is 6.57. The molecule has 0 aromatic heterocycles. The van der Waals surface area contributed by atoms with Crippen LogP contribution in [0.25, 0.3) is 0 Å². The molecular formula is C18H27F3IN3O2S. The first-order valence-corrected chi connectivity index (χ1v) is 9.58. The van der Waals surface area contributed by atoms with Gasteiger partial charge in [-0.15, -0.1) is 24.0 Å². The minimum Gasteiger partial charge on any atom is -0.493 e. The normalized spacial score (nSPS) is 17.0. The smallest absolute Gasteiger partial charge is 0.422 e. The maximum absolute atomic E-state index is 12.3. The van der Waals surface area contributed by atoms with Gasteiger partial charge in [-0.05, 0) is 31.5 Å². The van der Waals surface area contributed by atoms with E-state index in [2.05, 4.69) is 29.1 Å². The Bertz CT molecular complexity index is 672. The van der Waals surface area contributed by atoms with Crippen LogP contribution in [0.15, 0.2) is 23.2 Å². The summed E-state index contributed by atoms with van der Waals surface area (Å²) < 4.78 is 47.2. The fourth-order valence-electron chi connectivity index (χ4n) is 2.81. The average molecular weight is 533 g/mol. The number of methoxy groups -OCH3 is 1. The van der Waals surface area contributed by atoms with E-state index >= 15 is 0 Å². The minimum atomic E-state index is -4.39. The average Bonchev–Trinajstić information content (AvgIpc) is 2.59. The summed E-state index contributed by atoms with van der Waals surface area (Å²) in [6.45, 7) is 5.36. The van der Waals surface area contributed by atoms with E-state index in [4.69, 9.17) is 9.47 Å². The van der Waals surface area contributed by atoms with Gasteiger partial charge in [0.25, 0.3) is 0 Å². The van der Waals surface area contributed by atoms with E-state index in [0.29, 0.717) is 6.54 Å². The molecule has 0 radical (unpaired) electrons. The maximum Gasteiger partial charge on any atom is 0.422 e. The van der Waals surface area contributed by atoms with Crippen LogP contribution in [0.4, 0.5) is 13.2 Å². The topological polar surface area (TPSA) is 46.1 Å². The number of hydrogen-bond acceptors (Lipinski definition) is 4. The lowest BCUT2D eigenvalue weighted by Crippen LogP contribution is -2.50. The number of aliphatic imine (C=N–C) groups is 1. The van der Waals surface area contributed by atoms with Gasteiger partial charge in [0.1, 0.15) is 0 Å². The summed E-state index contributed by atoms with van der Waals surface area (Å²) in [5.41, 5.74) is 0.859. The number of alkyl halides is 3. The van der Waals surface area contributed by atoms with Gasteiger partial charge in [-0.3, -0.25) is 4.99 Å². The second kappa shape index (κ2) is 10.7. The van der Waals surface area contributed by atoms with E-state index in [9.17, 15) is 13.2 Å². The first-order valence-electron chi connectivity index (χ1n) is 8.59. The second-order valence-electron chi connectivity index (χ2n) is 6.82. The molecule has 1 aliphatic rings. The number of nitrogens with one attached hydrogen (secondary N) is 1. The van der Waals surface area contributed by atoms with Crippen LogP contribution in [0.5, 0.6) is 11.5 Å². The molecule has 1 fully saturated rings. The van der Waals surface area contributed by atoms with E-state index in [1.54, 1.807) is 19.2 Å². The van der Waals surface area contributed by atoms with Gasteiger partial charge in [-0.2, -0.15) is 24.9 Å². The van der Waals surface area contributed by atoms with Crippen LogP contribution in [0.3, 0.4) is 0 Å². The molecule has 0 saturated carbocycles. The van der Waals surface area contributed by atoms with E-state index in [1.165, 1.54) is 13.2 Å². The zero-order valence-corrected chi connectivity index (χ0v) is 19.6. The fourth-order valence-corrected chi connectivity index (χ4v) is 3.92. The summed E-state index contributed by atoms with van der Waals surface area (Å²) in [5, 5.41) is 3.31. The Morgan fingerprint density at radius 1 is 1.32 bits per heavy atom. The molecule has 28 heavy (non-hydrogen) atoms. The van der Waals surface area contributed by atoms with Gasteiger partial charge in [0.15, 0.2) is 24.1 Å². The number of thioether (sulfide) groups is 1. The molecule has 5 nitrogen and oxygen atoms in total. The summed E-state index contributed by atoms with van der Waals surface area (Å²) in [5.74, 6) is 2.17. The third-order valence-corrected chi connectivity index (χ3v) is 5.30. The van der Waals surface area contributed by atoms with E-state index in [0.717, 1.165) is 30.4 Å². The molecular weight excluding hydrogens is 506 g/mol. The summed E-state index contributed by atoms with van der Waals surface area (Å²) >= 11 is 1.94. The lowest BCUT2D eigenvalue weighted by molar-refractivity contribution is -0.153. The van der Waals surface area contributed by atoms with Crippen molar-refractivity contribution in [3.8, 4) is 11.5 Å². The van der Waals surface area contributed by atoms with Gasteiger partial charge in [0, 0.05) is 37.2 Å². The van der Waals surface area contributed by atoms with Gasteiger partial charge >= 0.3 is 6.18 Å². The van der Waals surface area contributed by atoms with Crippen LogP contribution in [-0.2, 0) is 6.54 Å². The minimum absolute atomic E-state index is 0. The molecule has 0 aliphatic carbocycles. The highest BCUT2D eigenvalue weighted by molar-refractivity contribution is 14.0. The SMILES string of the molecule is CN=C(NCc1ccc(OCC(F)(F)F)c(OC)c1)N1CCSC(C)(C)C1.I. The van der Waals surface area contributed by atoms with Crippen molar-refractivity contribution < 1.29 is 22.6 Å². The third-order valence-electron chi connectivity index (χ3n) is 4.01. The molecule has 10 heteroatoms. The largest absolute Gasteiger partial charge is 0.493 e. The highest BCUT2D eigenvalue weighted by Gasteiger charge is 2.29. The predicted molar refractivity (Wildman–Crippen MR) is 118 cm³/mol. The highest BCUT2D eigenvalue weighted by atomic mass is 127. The third kappa shape index (κ3) is 7.76. The maximum atomic E-state index is 12.3. The molecule has 1 heterocycles. The van der Waals surface area contributed by atoms with Gasteiger partial charge < -0.3 is 19.7 Å². The molecule has 1 N–H and O–H groups in total. The quantitative estimate of drug-likeness (QED) is 0.350. The zero-order valence-electron chi connectivity index (χ0n) is 16.4. The van der Waals surface area contributed by atoms with Gasteiger partial charge in [-0.1, -0.05) is 6.07 Å². The Hall–Kier alpha value is -1.04. The molecule has 1 aliphatic heterocycles. The standard InChI is InChI=1S/C18H26F3N3O2S.HI/c1-17(2)11-24(7-8-27-17)16(22-3)23-10-13-5-6-14(15(9-13)25-4)26-12-18(19,20)21;/h5-6,9H,7-8,10-12H2,1-4H3,(H,22,23);1H. The molecule has 2 rings (SSSR count). The van der Waals surface area contributed by atoms with Crippen molar-refractivity contribution in [3.05, 3.63) is 23.8 Å². The van der Waals surface area contributed by atoms with Gasteiger partial charge in [-0.25, -0.2) is 0 Å². The first kappa shape index (κ1) is 25.0. The van der Waals surface area contributed by atoms with Crippen LogP contribution in [0.2, 0.25) is 0 Å².